The van der Waals surface area contributed by atoms with Crippen LogP contribution in [0.4, 0.5) is 0 Å². The van der Waals surface area contributed by atoms with Crippen LogP contribution in [-0.4, -0.2) is 11.7 Å². The molecular weight excluding hydrogens is 190 g/mol. The number of aryl methyl sites for hydroxylation is 1. The van der Waals surface area contributed by atoms with Crippen molar-refractivity contribution in [2.75, 3.05) is 7.11 Å². The molecule has 0 bridgehead atoms. The normalized spacial score (nSPS) is 10.5. The van der Waals surface area contributed by atoms with E-state index in [1.165, 1.54) is 0 Å². The summed E-state index contributed by atoms with van der Waals surface area (Å²) in [5.74, 6) is 0.743. The van der Waals surface area contributed by atoms with E-state index in [0.29, 0.717) is 6.54 Å². The van der Waals surface area contributed by atoms with Crippen LogP contribution in [0.5, 0.6) is 5.75 Å². The Balaban J connectivity index is 2.93. The lowest BCUT2D eigenvalue weighted by molar-refractivity contribution is 0.417. The fourth-order valence-corrected chi connectivity index (χ4v) is 1.80. The molecule has 15 heavy (non-hydrogen) atoms. The van der Waals surface area contributed by atoms with Crippen molar-refractivity contribution < 1.29 is 4.74 Å². The van der Waals surface area contributed by atoms with Gasteiger partial charge >= 0.3 is 0 Å². The number of para-hydroxylation sites is 1. The van der Waals surface area contributed by atoms with E-state index in [1.807, 2.05) is 31.2 Å². The second-order valence-electron chi connectivity index (χ2n) is 3.31. The van der Waals surface area contributed by atoms with Gasteiger partial charge in [-0.15, -0.1) is 0 Å². The zero-order chi connectivity index (χ0) is 10.8. The Morgan fingerprint density at radius 1 is 1.27 bits per heavy atom. The van der Waals surface area contributed by atoms with E-state index < -0.39 is 0 Å². The van der Waals surface area contributed by atoms with Crippen molar-refractivity contribution in [2.45, 2.75) is 13.5 Å². The minimum absolute atomic E-state index is 0.00880. The highest BCUT2D eigenvalue weighted by Crippen LogP contribution is 2.23. The molecule has 0 fully saturated rings. The number of fused-ring (bicyclic) bond motifs is 1. The molecule has 0 unspecified atom stereocenters. The first-order valence-corrected chi connectivity index (χ1v) is 4.94. The van der Waals surface area contributed by atoms with Gasteiger partial charge in [0.1, 0.15) is 5.75 Å². The molecule has 0 radical (unpaired) electrons. The van der Waals surface area contributed by atoms with E-state index in [9.17, 15) is 4.79 Å². The van der Waals surface area contributed by atoms with Crippen LogP contribution in [0.2, 0.25) is 0 Å². The largest absolute Gasteiger partial charge is 0.495 e. The minimum atomic E-state index is 0.00880. The molecule has 1 aromatic heterocycles. The summed E-state index contributed by atoms with van der Waals surface area (Å²) in [4.78, 5) is 11.6. The molecule has 3 heteroatoms. The SMILES string of the molecule is CCn1c(=O)ccc2cccc(OC)c21. The van der Waals surface area contributed by atoms with E-state index in [-0.39, 0.29) is 5.56 Å². The maximum Gasteiger partial charge on any atom is 0.251 e. The number of aromatic nitrogens is 1. The molecular formula is C12H13NO2. The van der Waals surface area contributed by atoms with Crippen LogP contribution in [0.25, 0.3) is 10.9 Å². The van der Waals surface area contributed by atoms with Crippen molar-refractivity contribution in [2.24, 2.45) is 0 Å². The second kappa shape index (κ2) is 3.77. The van der Waals surface area contributed by atoms with Gasteiger partial charge in [-0.05, 0) is 19.1 Å². The van der Waals surface area contributed by atoms with Crippen LogP contribution < -0.4 is 10.3 Å². The van der Waals surface area contributed by atoms with Gasteiger partial charge in [-0.25, -0.2) is 0 Å². The summed E-state index contributed by atoms with van der Waals surface area (Å²) in [7, 11) is 1.62. The number of methoxy groups -OCH3 is 1. The molecule has 0 atom stereocenters. The average molecular weight is 203 g/mol. The van der Waals surface area contributed by atoms with E-state index >= 15 is 0 Å². The van der Waals surface area contributed by atoms with Gasteiger partial charge in [-0.1, -0.05) is 12.1 Å². The lowest BCUT2D eigenvalue weighted by atomic mass is 10.2. The van der Waals surface area contributed by atoms with Crippen LogP contribution in [-0.2, 0) is 6.54 Å². The number of ether oxygens (including phenoxy) is 1. The highest BCUT2D eigenvalue weighted by Gasteiger charge is 2.06. The molecule has 0 N–H and O–H groups in total. The van der Waals surface area contributed by atoms with Gasteiger partial charge in [-0.2, -0.15) is 0 Å². The van der Waals surface area contributed by atoms with Gasteiger partial charge in [-0.3, -0.25) is 4.79 Å². The predicted octanol–water partition coefficient (Wildman–Crippen LogP) is 2.03. The number of benzene rings is 1. The maximum absolute atomic E-state index is 11.6. The topological polar surface area (TPSA) is 31.2 Å². The third-order valence-electron chi connectivity index (χ3n) is 2.51. The minimum Gasteiger partial charge on any atom is -0.495 e. The molecule has 0 saturated carbocycles. The molecule has 0 aliphatic rings. The summed E-state index contributed by atoms with van der Waals surface area (Å²) in [6.45, 7) is 2.60. The van der Waals surface area contributed by atoms with Crippen molar-refractivity contribution >= 4 is 10.9 Å². The quantitative estimate of drug-likeness (QED) is 0.747. The standard InChI is InChI=1S/C12H13NO2/c1-3-13-11(14)8-7-9-5-4-6-10(15-2)12(9)13/h4-8H,3H2,1-2H3. The lowest BCUT2D eigenvalue weighted by Gasteiger charge is -2.10. The summed E-state index contributed by atoms with van der Waals surface area (Å²) in [5, 5.41) is 1.02. The van der Waals surface area contributed by atoms with Crippen LogP contribution in [0, 0.1) is 0 Å². The molecule has 0 aliphatic carbocycles. The summed E-state index contributed by atoms with van der Waals surface area (Å²) in [6, 6.07) is 9.18. The summed E-state index contributed by atoms with van der Waals surface area (Å²) in [5.41, 5.74) is 0.879. The number of rotatable bonds is 2. The Morgan fingerprint density at radius 3 is 2.73 bits per heavy atom. The number of nitrogens with zero attached hydrogens (tertiary/aromatic N) is 1. The molecule has 1 heterocycles. The van der Waals surface area contributed by atoms with Crippen molar-refractivity contribution in [1.29, 1.82) is 0 Å². The smallest absolute Gasteiger partial charge is 0.251 e. The fraction of sp³-hybridized carbons (Fsp3) is 0.250. The Kier molecular flexibility index (Phi) is 2.46. The fourth-order valence-electron chi connectivity index (χ4n) is 1.80. The predicted molar refractivity (Wildman–Crippen MR) is 60.4 cm³/mol. The van der Waals surface area contributed by atoms with Crippen molar-refractivity contribution in [3.8, 4) is 5.75 Å². The maximum atomic E-state index is 11.6. The molecule has 0 aliphatic heterocycles. The lowest BCUT2D eigenvalue weighted by Crippen LogP contribution is -2.18. The highest BCUT2D eigenvalue weighted by atomic mass is 16.5. The number of pyridine rings is 1. The third kappa shape index (κ3) is 1.50. The second-order valence-corrected chi connectivity index (χ2v) is 3.31. The first-order valence-electron chi connectivity index (χ1n) is 4.94. The number of hydrogen-bond donors (Lipinski definition) is 0. The van der Waals surface area contributed by atoms with Crippen molar-refractivity contribution in [3.63, 3.8) is 0 Å². The van der Waals surface area contributed by atoms with Gasteiger partial charge in [0, 0.05) is 18.0 Å². The Hall–Kier alpha value is -1.77. The first kappa shape index (κ1) is 9.77. The molecule has 1 aromatic carbocycles. The van der Waals surface area contributed by atoms with Gasteiger partial charge in [0.25, 0.3) is 5.56 Å². The van der Waals surface area contributed by atoms with Crippen molar-refractivity contribution in [1.82, 2.24) is 4.57 Å². The van der Waals surface area contributed by atoms with Crippen LogP contribution >= 0.6 is 0 Å². The number of hydrogen-bond acceptors (Lipinski definition) is 2. The first-order chi connectivity index (χ1) is 7.27. The van der Waals surface area contributed by atoms with Gasteiger partial charge in [0.2, 0.25) is 0 Å². The summed E-state index contributed by atoms with van der Waals surface area (Å²) in [6.07, 6.45) is 0. The zero-order valence-electron chi connectivity index (χ0n) is 8.86. The Bertz CT molecular complexity index is 543. The van der Waals surface area contributed by atoms with E-state index in [0.717, 1.165) is 16.7 Å². The molecule has 0 spiro atoms. The monoisotopic (exact) mass is 203 g/mol. The molecule has 0 saturated heterocycles. The molecule has 0 amide bonds. The van der Waals surface area contributed by atoms with Gasteiger partial charge in [0.15, 0.2) is 0 Å². The summed E-state index contributed by atoms with van der Waals surface area (Å²) >= 11 is 0. The van der Waals surface area contributed by atoms with Crippen LogP contribution in [0.3, 0.4) is 0 Å². The van der Waals surface area contributed by atoms with E-state index in [2.05, 4.69) is 0 Å². The van der Waals surface area contributed by atoms with E-state index in [4.69, 9.17) is 4.74 Å². The average Bonchev–Trinajstić information content (AvgIpc) is 2.28. The van der Waals surface area contributed by atoms with Crippen LogP contribution in [0.1, 0.15) is 6.92 Å². The molecule has 78 valence electrons. The van der Waals surface area contributed by atoms with Crippen molar-refractivity contribution in [3.05, 3.63) is 40.7 Å². The highest BCUT2D eigenvalue weighted by molar-refractivity contribution is 5.84. The van der Waals surface area contributed by atoms with Crippen LogP contribution in [0.15, 0.2) is 35.1 Å². The third-order valence-corrected chi connectivity index (χ3v) is 2.51. The van der Waals surface area contributed by atoms with Gasteiger partial charge in [0.05, 0.1) is 12.6 Å². The zero-order valence-corrected chi connectivity index (χ0v) is 8.86. The molecule has 2 aromatic rings. The van der Waals surface area contributed by atoms with E-state index in [1.54, 1.807) is 17.7 Å². The summed E-state index contributed by atoms with van der Waals surface area (Å²) < 4.78 is 6.98. The Labute approximate surface area is 87.9 Å². The van der Waals surface area contributed by atoms with Gasteiger partial charge < -0.3 is 9.30 Å². The molecule has 2 rings (SSSR count). The molecule has 3 nitrogen and oxygen atoms in total. The Morgan fingerprint density at radius 2 is 2.07 bits per heavy atom.